The smallest absolute Gasteiger partial charge is 0.0507 e. The minimum absolute atomic E-state index is 0. The number of rotatable bonds is 4. The second kappa shape index (κ2) is 8.54. The molecule has 1 atom stereocenters. The number of nitrogens with zero attached hydrogens (tertiary/aromatic N) is 2. The Balaban J connectivity index is 0.00000147. The molecule has 0 aliphatic carbocycles. The molecule has 3 aliphatic rings. The second-order valence-corrected chi connectivity index (χ2v) is 6.52. The van der Waals surface area contributed by atoms with Crippen LogP contribution in [-0.2, 0) is 4.74 Å². The quantitative estimate of drug-likeness (QED) is 0.840. The fraction of sp³-hybridized carbons (Fsp3) is 1.00. The first-order valence-electron chi connectivity index (χ1n) is 8.13. The van der Waals surface area contributed by atoms with Crippen molar-refractivity contribution >= 4 is 12.4 Å². The van der Waals surface area contributed by atoms with Gasteiger partial charge in [0.25, 0.3) is 0 Å². The molecule has 3 saturated heterocycles. The molecule has 1 N–H and O–H groups in total. The van der Waals surface area contributed by atoms with Gasteiger partial charge in [0.15, 0.2) is 0 Å². The number of halogens is 1. The van der Waals surface area contributed by atoms with Crippen molar-refractivity contribution in [3.8, 4) is 0 Å². The van der Waals surface area contributed by atoms with Crippen LogP contribution in [0.3, 0.4) is 0 Å². The highest BCUT2D eigenvalue weighted by molar-refractivity contribution is 5.85. The van der Waals surface area contributed by atoms with Crippen LogP contribution in [0, 0.1) is 11.8 Å². The molecule has 0 aromatic heterocycles. The van der Waals surface area contributed by atoms with Crippen LogP contribution in [0.25, 0.3) is 0 Å². The van der Waals surface area contributed by atoms with Crippen molar-refractivity contribution in [2.75, 3.05) is 65.6 Å². The number of ether oxygens (including phenoxy) is 1. The van der Waals surface area contributed by atoms with Crippen LogP contribution < -0.4 is 5.32 Å². The minimum Gasteiger partial charge on any atom is -0.381 e. The molecule has 3 heterocycles. The summed E-state index contributed by atoms with van der Waals surface area (Å²) in [4.78, 5) is 5.34. The molecule has 0 aromatic carbocycles. The third-order valence-corrected chi connectivity index (χ3v) is 4.98. The third-order valence-electron chi connectivity index (χ3n) is 4.98. The minimum atomic E-state index is 0. The number of nitrogens with one attached hydrogen (secondary N) is 1. The van der Waals surface area contributed by atoms with Crippen molar-refractivity contribution in [1.29, 1.82) is 0 Å². The maximum Gasteiger partial charge on any atom is 0.0507 e. The van der Waals surface area contributed by atoms with Gasteiger partial charge in [-0.15, -0.1) is 12.4 Å². The highest BCUT2D eigenvalue weighted by atomic mass is 35.5. The first kappa shape index (κ1) is 16.5. The molecule has 0 saturated carbocycles. The summed E-state index contributed by atoms with van der Waals surface area (Å²) in [6.07, 6.45) is 4.02. The standard InChI is InChI=1S/C15H29N3O.ClH/c1-4-16-5-2-14(1)11-17-6-8-18(9-7-17)12-15-3-10-19-13-15;/h14-16H,1-13H2;1H. The van der Waals surface area contributed by atoms with Crippen LogP contribution >= 0.6 is 12.4 Å². The van der Waals surface area contributed by atoms with Crippen LogP contribution in [0.4, 0.5) is 0 Å². The van der Waals surface area contributed by atoms with Crippen LogP contribution in [0.1, 0.15) is 19.3 Å². The summed E-state index contributed by atoms with van der Waals surface area (Å²) >= 11 is 0. The van der Waals surface area contributed by atoms with Gasteiger partial charge in [0.1, 0.15) is 0 Å². The highest BCUT2D eigenvalue weighted by Crippen LogP contribution is 2.17. The van der Waals surface area contributed by atoms with E-state index in [0.717, 1.165) is 25.0 Å². The molecule has 1 unspecified atom stereocenters. The Kier molecular flexibility index (Phi) is 7.05. The molecule has 3 rings (SSSR count). The van der Waals surface area contributed by atoms with Crippen LogP contribution in [0.5, 0.6) is 0 Å². The van der Waals surface area contributed by atoms with Crippen LogP contribution in [0.2, 0.25) is 0 Å². The summed E-state index contributed by atoms with van der Waals surface area (Å²) in [5.74, 6) is 1.74. The first-order chi connectivity index (χ1) is 9.40. The zero-order valence-corrected chi connectivity index (χ0v) is 13.4. The first-order valence-corrected chi connectivity index (χ1v) is 8.13. The van der Waals surface area contributed by atoms with Gasteiger partial charge in [-0.2, -0.15) is 0 Å². The van der Waals surface area contributed by atoms with E-state index >= 15 is 0 Å². The lowest BCUT2D eigenvalue weighted by Crippen LogP contribution is -2.49. The summed E-state index contributed by atoms with van der Waals surface area (Å²) in [5.41, 5.74) is 0. The van der Waals surface area contributed by atoms with E-state index < -0.39 is 0 Å². The number of hydrogen-bond donors (Lipinski definition) is 1. The van der Waals surface area contributed by atoms with E-state index in [1.54, 1.807) is 0 Å². The zero-order valence-electron chi connectivity index (χ0n) is 12.6. The summed E-state index contributed by atoms with van der Waals surface area (Å²) in [7, 11) is 0. The Morgan fingerprint density at radius 3 is 2.00 bits per heavy atom. The van der Waals surface area contributed by atoms with E-state index in [1.165, 1.54) is 71.6 Å². The van der Waals surface area contributed by atoms with Crippen molar-refractivity contribution in [1.82, 2.24) is 15.1 Å². The van der Waals surface area contributed by atoms with E-state index in [-0.39, 0.29) is 12.4 Å². The zero-order chi connectivity index (χ0) is 12.9. The molecule has 0 radical (unpaired) electrons. The fourth-order valence-corrected chi connectivity index (χ4v) is 3.68. The summed E-state index contributed by atoms with van der Waals surface area (Å²) in [5, 5.41) is 3.46. The van der Waals surface area contributed by atoms with Gasteiger partial charge in [-0.3, -0.25) is 0 Å². The molecule has 0 amide bonds. The van der Waals surface area contributed by atoms with Gasteiger partial charge in [-0.1, -0.05) is 0 Å². The molecule has 0 spiro atoms. The highest BCUT2D eigenvalue weighted by Gasteiger charge is 2.24. The normalized spacial score (nSPS) is 30.3. The molecule has 4 nitrogen and oxygen atoms in total. The van der Waals surface area contributed by atoms with Crippen molar-refractivity contribution in [3.63, 3.8) is 0 Å². The molecule has 5 heteroatoms. The van der Waals surface area contributed by atoms with Gasteiger partial charge in [0.05, 0.1) is 6.61 Å². The van der Waals surface area contributed by atoms with Gasteiger partial charge in [-0.05, 0) is 44.2 Å². The van der Waals surface area contributed by atoms with Gasteiger partial charge in [0, 0.05) is 45.9 Å². The molecule has 3 fully saturated rings. The average molecular weight is 304 g/mol. The lowest BCUT2D eigenvalue weighted by molar-refractivity contribution is 0.0956. The average Bonchev–Trinajstić information content (AvgIpc) is 2.95. The predicted molar refractivity (Wildman–Crippen MR) is 84.6 cm³/mol. The van der Waals surface area contributed by atoms with Crippen molar-refractivity contribution in [3.05, 3.63) is 0 Å². The van der Waals surface area contributed by atoms with Gasteiger partial charge in [0.2, 0.25) is 0 Å². The molecule has 3 aliphatic heterocycles. The van der Waals surface area contributed by atoms with E-state index in [4.69, 9.17) is 4.74 Å². The molecule has 118 valence electrons. The number of piperazine rings is 1. The second-order valence-electron chi connectivity index (χ2n) is 6.52. The molecule has 0 aromatic rings. The maximum atomic E-state index is 5.48. The van der Waals surface area contributed by atoms with Gasteiger partial charge >= 0.3 is 0 Å². The van der Waals surface area contributed by atoms with Gasteiger partial charge < -0.3 is 19.9 Å². The summed E-state index contributed by atoms with van der Waals surface area (Å²) < 4.78 is 5.48. The Labute approximate surface area is 129 Å². The van der Waals surface area contributed by atoms with Crippen LogP contribution in [-0.4, -0.2) is 75.4 Å². The summed E-state index contributed by atoms with van der Waals surface area (Å²) in [6, 6.07) is 0. The lowest BCUT2D eigenvalue weighted by atomic mass is 9.97. The Hall–Kier alpha value is 0.130. The number of hydrogen-bond acceptors (Lipinski definition) is 4. The lowest BCUT2D eigenvalue weighted by Gasteiger charge is -2.38. The van der Waals surface area contributed by atoms with Crippen LogP contribution in [0.15, 0.2) is 0 Å². The van der Waals surface area contributed by atoms with Crippen molar-refractivity contribution in [2.45, 2.75) is 19.3 Å². The largest absolute Gasteiger partial charge is 0.381 e. The maximum absolute atomic E-state index is 5.48. The Morgan fingerprint density at radius 1 is 0.850 bits per heavy atom. The van der Waals surface area contributed by atoms with E-state index in [0.29, 0.717) is 0 Å². The number of piperidine rings is 1. The Bertz CT molecular complexity index is 260. The molecular weight excluding hydrogens is 274 g/mol. The van der Waals surface area contributed by atoms with Crippen molar-refractivity contribution in [2.24, 2.45) is 11.8 Å². The van der Waals surface area contributed by atoms with E-state index in [2.05, 4.69) is 15.1 Å². The van der Waals surface area contributed by atoms with E-state index in [1.807, 2.05) is 0 Å². The summed E-state index contributed by atoms with van der Waals surface area (Å²) in [6.45, 7) is 12.1. The monoisotopic (exact) mass is 303 g/mol. The van der Waals surface area contributed by atoms with E-state index in [9.17, 15) is 0 Å². The Morgan fingerprint density at radius 2 is 1.45 bits per heavy atom. The topological polar surface area (TPSA) is 27.7 Å². The molecule has 0 bridgehead atoms. The van der Waals surface area contributed by atoms with Gasteiger partial charge in [-0.25, -0.2) is 0 Å². The molecular formula is C15H30ClN3O. The fourth-order valence-electron chi connectivity index (χ4n) is 3.68. The molecule has 20 heavy (non-hydrogen) atoms. The predicted octanol–water partition coefficient (Wildman–Crippen LogP) is 1.06. The van der Waals surface area contributed by atoms with Crippen molar-refractivity contribution < 1.29 is 4.74 Å². The third kappa shape index (κ3) is 4.85. The SMILES string of the molecule is C1CC(CN2CCN(CC3CCOC3)CC2)CCN1.Cl.